The Morgan fingerprint density at radius 2 is 1.51 bits per heavy atom. The fraction of sp³-hybridized carbons (Fsp3) is 0.143. The Morgan fingerprint density at radius 3 is 2.16 bits per heavy atom. The van der Waals surface area contributed by atoms with Crippen LogP contribution >= 0.6 is 11.6 Å². The minimum absolute atomic E-state index is 0.00238. The van der Waals surface area contributed by atoms with Crippen LogP contribution in [0.25, 0.3) is 0 Å². The Bertz CT molecular complexity index is 1490. The summed E-state index contributed by atoms with van der Waals surface area (Å²) >= 11 is 6.00. The van der Waals surface area contributed by atoms with Gasteiger partial charge in [-0.2, -0.15) is 9.41 Å². The molecule has 7 nitrogen and oxygen atoms in total. The van der Waals surface area contributed by atoms with Crippen molar-refractivity contribution in [3.63, 3.8) is 0 Å². The number of carbonyl (C=O) groups excluding carboxylic acids is 1. The van der Waals surface area contributed by atoms with E-state index in [0.717, 1.165) is 16.7 Å². The molecular weight excluding hydrogens is 510 g/mol. The number of aryl methyl sites for hydroxylation is 2. The normalized spacial score (nSPS) is 11.8. The van der Waals surface area contributed by atoms with Crippen LogP contribution in [-0.2, 0) is 23.1 Å². The minimum atomic E-state index is -3.83. The average molecular weight is 536 g/mol. The Kier molecular flexibility index (Phi) is 8.23. The van der Waals surface area contributed by atoms with Crippen molar-refractivity contribution in [3.05, 3.63) is 124 Å². The topological polar surface area (TPSA) is 92.0 Å². The molecule has 1 N–H and O–H groups in total. The van der Waals surface area contributed by atoms with Crippen LogP contribution in [-0.4, -0.2) is 24.8 Å². The van der Waals surface area contributed by atoms with E-state index >= 15 is 0 Å². The van der Waals surface area contributed by atoms with Crippen molar-refractivity contribution in [2.24, 2.45) is 5.10 Å². The zero-order chi connectivity index (χ0) is 26.4. The van der Waals surface area contributed by atoms with Gasteiger partial charge in [-0.3, -0.25) is 4.79 Å². The van der Waals surface area contributed by atoms with E-state index in [1.807, 2.05) is 26.0 Å². The van der Waals surface area contributed by atoms with Gasteiger partial charge in [-0.25, -0.2) is 13.8 Å². The number of hydrogen-bond donors (Lipinski definition) is 1. The van der Waals surface area contributed by atoms with Crippen molar-refractivity contribution in [1.29, 1.82) is 0 Å². The molecule has 1 amide bonds. The summed E-state index contributed by atoms with van der Waals surface area (Å²) in [7, 11) is -3.83. The molecule has 37 heavy (non-hydrogen) atoms. The lowest BCUT2D eigenvalue weighted by Crippen LogP contribution is -2.30. The van der Waals surface area contributed by atoms with Gasteiger partial charge in [0.2, 0.25) is 10.0 Å². The maximum absolute atomic E-state index is 13.5. The molecule has 0 saturated heterocycles. The number of hydrazone groups is 1. The first-order valence-electron chi connectivity index (χ1n) is 11.5. The molecule has 9 heteroatoms. The van der Waals surface area contributed by atoms with Crippen molar-refractivity contribution in [1.82, 2.24) is 9.73 Å². The molecule has 0 unspecified atom stereocenters. The van der Waals surface area contributed by atoms with Gasteiger partial charge in [0.15, 0.2) is 0 Å². The van der Waals surface area contributed by atoms with Crippen LogP contribution in [0.2, 0.25) is 5.02 Å². The van der Waals surface area contributed by atoms with Gasteiger partial charge in [0.05, 0.1) is 17.7 Å². The summed E-state index contributed by atoms with van der Waals surface area (Å²) in [6, 6.07) is 24.2. The number of nitrogens with zero attached hydrogens (tertiary/aromatic N) is 2. The summed E-state index contributed by atoms with van der Waals surface area (Å²) < 4.78 is 34.2. The summed E-state index contributed by atoms with van der Waals surface area (Å²) in [4.78, 5) is 12.4. The number of amides is 1. The molecule has 0 aliphatic carbocycles. The van der Waals surface area contributed by atoms with Crippen LogP contribution in [0.3, 0.4) is 0 Å². The Hall–Kier alpha value is -3.72. The highest BCUT2D eigenvalue weighted by atomic mass is 35.5. The third-order valence-electron chi connectivity index (χ3n) is 5.62. The van der Waals surface area contributed by atoms with E-state index in [1.54, 1.807) is 72.8 Å². The van der Waals surface area contributed by atoms with Crippen molar-refractivity contribution < 1.29 is 17.6 Å². The first-order chi connectivity index (χ1) is 17.7. The number of sulfonamides is 1. The second kappa shape index (κ2) is 11.6. The lowest BCUT2D eigenvalue weighted by molar-refractivity contribution is 0.0955. The predicted octanol–water partition coefficient (Wildman–Crippen LogP) is 5.70. The van der Waals surface area contributed by atoms with Gasteiger partial charge < -0.3 is 4.42 Å². The molecule has 0 fully saturated rings. The summed E-state index contributed by atoms with van der Waals surface area (Å²) in [5.41, 5.74) is 5.75. The van der Waals surface area contributed by atoms with Gasteiger partial charge in [0.25, 0.3) is 5.91 Å². The number of rotatable bonds is 9. The van der Waals surface area contributed by atoms with Crippen molar-refractivity contribution >= 4 is 33.7 Å². The number of hydrogen-bond acceptors (Lipinski definition) is 5. The molecule has 0 bridgehead atoms. The highest BCUT2D eigenvalue weighted by Crippen LogP contribution is 2.23. The number of halogens is 1. The van der Waals surface area contributed by atoms with Gasteiger partial charge in [0.1, 0.15) is 11.5 Å². The van der Waals surface area contributed by atoms with Crippen LogP contribution in [0.4, 0.5) is 0 Å². The Morgan fingerprint density at radius 1 is 0.892 bits per heavy atom. The van der Waals surface area contributed by atoms with Crippen LogP contribution in [0.1, 0.15) is 38.6 Å². The van der Waals surface area contributed by atoms with E-state index in [1.165, 1.54) is 10.5 Å². The molecule has 0 radical (unpaired) electrons. The van der Waals surface area contributed by atoms with E-state index in [2.05, 4.69) is 10.5 Å². The molecule has 0 spiro atoms. The van der Waals surface area contributed by atoms with Gasteiger partial charge in [-0.15, -0.1) is 0 Å². The highest BCUT2D eigenvalue weighted by Gasteiger charge is 2.26. The van der Waals surface area contributed by atoms with Crippen molar-refractivity contribution in [2.45, 2.75) is 31.8 Å². The maximum atomic E-state index is 13.5. The largest absolute Gasteiger partial charge is 0.459 e. The van der Waals surface area contributed by atoms with Gasteiger partial charge in [-0.1, -0.05) is 59.1 Å². The molecule has 0 atom stereocenters. The van der Waals surface area contributed by atoms with Crippen molar-refractivity contribution in [2.75, 3.05) is 0 Å². The minimum Gasteiger partial charge on any atom is -0.459 e. The van der Waals surface area contributed by atoms with E-state index in [9.17, 15) is 13.2 Å². The molecule has 0 saturated carbocycles. The number of benzene rings is 3. The zero-order valence-corrected chi connectivity index (χ0v) is 22.0. The van der Waals surface area contributed by atoms with E-state index in [4.69, 9.17) is 16.0 Å². The second-order valence-corrected chi connectivity index (χ2v) is 11.0. The van der Waals surface area contributed by atoms with Gasteiger partial charge >= 0.3 is 0 Å². The molecular formula is C28H26ClN3O4S. The fourth-order valence-corrected chi connectivity index (χ4v) is 5.05. The third kappa shape index (κ3) is 6.95. The standard InChI is InChI=1S/C28H26ClN3O4S/c1-20-3-9-23(10-4-20)28(33)31-30-17-25-13-14-26(36-25)19-32(18-22-7-11-24(29)12-8-22)37(34,35)27-15-5-21(2)6-16-27/h3-17H,18-19H2,1-2H3,(H,31,33)/b30-17-. The van der Waals surface area contributed by atoms with Crippen LogP contribution in [0.15, 0.2) is 99.3 Å². The van der Waals surface area contributed by atoms with Gasteiger partial charge in [0, 0.05) is 17.1 Å². The fourth-order valence-electron chi connectivity index (χ4n) is 3.53. The summed E-state index contributed by atoms with van der Waals surface area (Å²) in [5, 5.41) is 4.52. The third-order valence-corrected chi connectivity index (χ3v) is 7.68. The van der Waals surface area contributed by atoms with E-state index in [0.29, 0.717) is 22.1 Å². The Labute approximate surface area is 221 Å². The lowest BCUT2D eigenvalue weighted by Gasteiger charge is -2.21. The second-order valence-electron chi connectivity index (χ2n) is 8.58. The van der Waals surface area contributed by atoms with E-state index < -0.39 is 10.0 Å². The number of nitrogens with one attached hydrogen (secondary N) is 1. The number of carbonyl (C=O) groups is 1. The average Bonchev–Trinajstić information content (AvgIpc) is 3.32. The molecule has 4 rings (SSSR count). The molecule has 4 aromatic rings. The summed E-state index contributed by atoms with van der Waals surface area (Å²) in [6.45, 7) is 3.97. The molecule has 190 valence electrons. The SMILES string of the molecule is Cc1ccc(C(=O)N/N=C\c2ccc(CN(Cc3ccc(Cl)cc3)S(=O)(=O)c3ccc(C)cc3)o2)cc1. The van der Waals surface area contributed by atoms with Crippen LogP contribution in [0, 0.1) is 13.8 Å². The first kappa shape index (κ1) is 26.3. The lowest BCUT2D eigenvalue weighted by atomic mass is 10.1. The Balaban J connectivity index is 1.50. The van der Waals surface area contributed by atoms with Crippen LogP contribution in [0.5, 0.6) is 0 Å². The van der Waals surface area contributed by atoms with Crippen LogP contribution < -0.4 is 5.43 Å². The predicted molar refractivity (Wildman–Crippen MR) is 144 cm³/mol. The van der Waals surface area contributed by atoms with E-state index in [-0.39, 0.29) is 23.9 Å². The monoisotopic (exact) mass is 535 g/mol. The molecule has 0 aliphatic heterocycles. The summed E-state index contributed by atoms with van der Waals surface area (Å²) in [5.74, 6) is 0.454. The first-order valence-corrected chi connectivity index (χ1v) is 13.3. The molecule has 0 aliphatic rings. The quantitative estimate of drug-likeness (QED) is 0.220. The zero-order valence-electron chi connectivity index (χ0n) is 20.4. The molecule has 1 aromatic heterocycles. The maximum Gasteiger partial charge on any atom is 0.271 e. The molecule has 1 heterocycles. The smallest absolute Gasteiger partial charge is 0.271 e. The highest BCUT2D eigenvalue weighted by molar-refractivity contribution is 7.89. The number of furan rings is 1. The van der Waals surface area contributed by atoms with Gasteiger partial charge in [-0.05, 0) is 67.9 Å². The summed E-state index contributed by atoms with van der Waals surface area (Å²) in [6.07, 6.45) is 1.37. The van der Waals surface area contributed by atoms with Crippen molar-refractivity contribution in [3.8, 4) is 0 Å². The molecule has 3 aromatic carbocycles.